The summed E-state index contributed by atoms with van der Waals surface area (Å²) in [6.45, 7) is 6.74. The molecule has 0 aromatic heterocycles. The minimum Gasteiger partial charge on any atom is -0.481 e. The van der Waals surface area contributed by atoms with Gasteiger partial charge in [-0.05, 0) is 18.8 Å². The molecule has 0 aliphatic carbocycles. The normalized spacial score (nSPS) is 26.2. The van der Waals surface area contributed by atoms with E-state index in [4.69, 9.17) is 5.73 Å². The van der Waals surface area contributed by atoms with Gasteiger partial charge in [0.25, 0.3) is 0 Å². The number of nitrogens with two attached hydrogens (primary N) is 1. The Morgan fingerprint density at radius 1 is 1.42 bits per heavy atom. The summed E-state index contributed by atoms with van der Waals surface area (Å²) in [5.74, 6) is -0.770. The molecule has 0 bridgehead atoms. The lowest BCUT2D eigenvalue weighted by molar-refractivity contribution is -0.149. The number of amides is 1. The van der Waals surface area contributed by atoms with Crippen LogP contribution in [0.3, 0.4) is 0 Å². The number of carboxylic acids is 1. The van der Waals surface area contributed by atoms with Crippen molar-refractivity contribution in [1.29, 1.82) is 0 Å². The Hall–Kier alpha value is -1.10. The van der Waals surface area contributed by atoms with E-state index in [1.807, 2.05) is 20.8 Å². The van der Waals surface area contributed by atoms with Gasteiger partial charge in [0.05, 0.1) is 11.5 Å². The zero-order valence-corrected chi connectivity index (χ0v) is 12.2. The molecule has 0 spiro atoms. The second-order valence-electron chi connectivity index (χ2n) is 5.76. The monoisotopic (exact) mass is 270 g/mol. The van der Waals surface area contributed by atoms with Gasteiger partial charge < -0.3 is 15.7 Å². The molecule has 0 saturated carbocycles. The molecule has 1 heterocycles. The average molecular weight is 270 g/mol. The first-order chi connectivity index (χ1) is 8.88. The Bertz CT molecular complexity index is 346. The first-order valence-electron chi connectivity index (χ1n) is 7.15. The highest BCUT2D eigenvalue weighted by atomic mass is 16.4. The van der Waals surface area contributed by atoms with Crippen LogP contribution in [0.5, 0.6) is 0 Å². The van der Waals surface area contributed by atoms with Crippen LogP contribution in [0.15, 0.2) is 0 Å². The summed E-state index contributed by atoms with van der Waals surface area (Å²) in [5, 5.41) is 9.42. The molecule has 5 heteroatoms. The zero-order valence-electron chi connectivity index (χ0n) is 12.2. The summed E-state index contributed by atoms with van der Waals surface area (Å²) in [5.41, 5.74) is 5.19. The Balaban J connectivity index is 2.74. The third-order valence-corrected chi connectivity index (χ3v) is 4.39. The average Bonchev–Trinajstić information content (AvgIpc) is 2.82. The van der Waals surface area contributed by atoms with E-state index in [9.17, 15) is 14.7 Å². The number of hydrogen-bond acceptors (Lipinski definition) is 3. The highest BCUT2D eigenvalue weighted by molar-refractivity contribution is 5.84. The molecule has 5 nitrogen and oxygen atoms in total. The van der Waals surface area contributed by atoms with Gasteiger partial charge >= 0.3 is 5.97 Å². The van der Waals surface area contributed by atoms with Crippen LogP contribution in [-0.4, -0.2) is 41.0 Å². The summed E-state index contributed by atoms with van der Waals surface area (Å²) in [4.78, 5) is 25.4. The molecule has 1 saturated heterocycles. The van der Waals surface area contributed by atoms with Gasteiger partial charge in [0.1, 0.15) is 0 Å². The standard InChI is InChI=1S/C14H26N2O3/c1-4-6-14(13(18)19)7-8-16(9-14)12(17)11(15)10(3)5-2/h10-11H,4-9,15H2,1-3H3,(H,18,19). The van der Waals surface area contributed by atoms with Crippen LogP contribution < -0.4 is 5.73 Å². The van der Waals surface area contributed by atoms with Crippen LogP contribution in [0, 0.1) is 11.3 Å². The van der Waals surface area contributed by atoms with Crippen LogP contribution >= 0.6 is 0 Å². The molecule has 1 aliphatic heterocycles. The lowest BCUT2D eigenvalue weighted by atomic mass is 9.83. The summed E-state index contributed by atoms with van der Waals surface area (Å²) < 4.78 is 0. The number of aliphatic carboxylic acids is 1. The molecule has 3 atom stereocenters. The van der Waals surface area contributed by atoms with Gasteiger partial charge in [-0.15, -0.1) is 0 Å². The largest absolute Gasteiger partial charge is 0.481 e. The number of nitrogens with zero attached hydrogens (tertiary/aromatic N) is 1. The molecule has 1 fully saturated rings. The summed E-state index contributed by atoms with van der Waals surface area (Å²) in [6.07, 6.45) is 2.81. The minimum atomic E-state index is -0.790. The van der Waals surface area contributed by atoms with Crippen LogP contribution in [0.4, 0.5) is 0 Å². The molecule has 3 N–H and O–H groups in total. The van der Waals surface area contributed by atoms with E-state index in [1.165, 1.54) is 0 Å². The van der Waals surface area contributed by atoms with E-state index >= 15 is 0 Å². The molecule has 3 unspecified atom stereocenters. The molecule has 0 aromatic carbocycles. The topological polar surface area (TPSA) is 83.6 Å². The number of rotatable bonds is 6. The summed E-state index contributed by atoms with van der Waals surface area (Å²) >= 11 is 0. The van der Waals surface area contributed by atoms with E-state index in [-0.39, 0.29) is 11.8 Å². The Morgan fingerprint density at radius 3 is 2.53 bits per heavy atom. The summed E-state index contributed by atoms with van der Waals surface area (Å²) in [6, 6.07) is -0.517. The SMILES string of the molecule is CCCC1(C(=O)O)CCN(C(=O)C(N)C(C)CC)C1. The van der Waals surface area contributed by atoms with E-state index in [1.54, 1.807) is 4.90 Å². The van der Waals surface area contributed by atoms with Gasteiger partial charge in [-0.3, -0.25) is 9.59 Å². The highest BCUT2D eigenvalue weighted by Crippen LogP contribution is 2.36. The van der Waals surface area contributed by atoms with Gasteiger partial charge in [0.15, 0.2) is 0 Å². The third-order valence-electron chi connectivity index (χ3n) is 4.39. The van der Waals surface area contributed by atoms with Crippen molar-refractivity contribution in [2.75, 3.05) is 13.1 Å². The molecular formula is C14H26N2O3. The lowest BCUT2D eigenvalue weighted by Crippen LogP contribution is -2.47. The molecule has 110 valence electrons. The maximum absolute atomic E-state index is 12.3. The van der Waals surface area contributed by atoms with E-state index < -0.39 is 17.4 Å². The molecule has 1 amide bonds. The smallest absolute Gasteiger partial charge is 0.311 e. The van der Waals surface area contributed by atoms with Gasteiger partial charge in [-0.25, -0.2) is 0 Å². The molecule has 1 aliphatic rings. The maximum atomic E-state index is 12.3. The Labute approximate surface area is 115 Å². The lowest BCUT2D eigenvalue weighted by Gasteiger charge is -2.27. The van der Waals surface area contributed by atoms with E-state index in [0.717, 1.165) is 12.8 Å². The third kappa shape index (κ3) is 3.26. The van der Waals surface area contributed by atoms with Crippen molar-refractivity contribution in [3.63, 3.8) is 0 Å². The predicted molar refractivity (Wildman–Crippen MR) is 73.6 cm³/mol. The van der Waals surface area contributed by atoms with Gasteiger partial charge in [-0.2, -0.15) is 0 Å². The highest BCUT2D eigenvalue weighted by Gasteiger charge is 2.46. The van der Waals surface area contributed by atoms with Crippen LogP contribution in [0.2, 0.25) is 0 Å². The first-order valence-corrected chi connectivity index (χ1v) is 7.15. The molecule has 1 rings (SSSR count). The van der Waals surface area contributed by atoms with Crippen molar-refractivity contribution in [3.8, 4) is 0 Å². The van der Waals surface area contributed by atoms with Crippen LogP contribution in [0.1, 0.15) is 46.5 Å². The second-order valence-corrected chi connectivity index (χ2v) is 5.76. The van der Waals surface area contributed by atoms with Crippen LogP contribution in [0.25, 0.3) is 0 Å². The predicted octanol–water partition coefficient (Wildman–Crippen LogP) is 1.46. The van der Waals surface area contributed by atoms with Gasteiger partial charge in [0, 0.05) is 13.1 Å². The first kappa shape index (κ1) is 16.0. The zero-order chi connectivity index (χ0) is 14.6. The Morgan fingerprint density at radius 2 is 2.05 bits per heavy atom. The fourth-order valence-electron chi connectivity index (χ4n) is 2.73. The maximum Gasteiger partial charge on any atom is 0.311 e. The summed E-state index contributed by atoms with van der Waals surface area (Å²) in [7, 11) is 0. The quantitative estimate of drug-likeness (QED) is 0.765. The fraction of sp³-hybridized carbons (Fsp3) is 0.857. The fourth-order valence-corrected chi connectivity index (χ4v) is 2.73. The second kappa shape index (κ2) is 6.37. The van der Waals surface area contributed by atoms with Crippen molar-refractivity contribution in [3.05, 3.63) is 0 Å². The molecule has 19 heavy (non-hydrogen) atoms. The van der Waals surface area contributed by atoms with Crippen molar-refractivity contribution < 1.29 is 14.7 Å². The number of hydrogen-bond donors (Lipinski definition) is 2. The number of carbonyl (C=O) groups excluding carboxylic acids is 1. The van der Waals surface area contributed by atoms with Gasteiger partial charge in [0.2, 0.25) is 5.91 Å². The number of likely N-dealkylation sites (tertiary alicyclic amines) is 1. The molecule has 0 aromatic rings. The van der Waals surface area contributed by atoms with Crippen molar-refractivity contribution in [2.45, 2.75) is 52.5 Å². The van der Waals surface area contributed by atoms with Crippen molar-refractivity contribution >= 4 is 11.9 Å². The van der Waals surface area contributed by atoms with Crippen LogP contribution in [-0.2, 0) is 9.59 Å². The number of carboxylic acid groups (broad SMARTS) is 1. The van der Waals surface area contributed by atoms with Crippen molar-refractivity contribution in [1.82, 2.24) is 4.90 Å². The van der Waals surface area contributed by atoms with Gasteiger partial charge in [-0.1, -0.05) is 33.6 Å². The number of carbonyl (C=O) groups is 2. The van der Waals surface area contributed by atoms with Crippen molar-refractivity contribution in [2.24, 2.45) is 17.1 Å². The van der Waals surface area contributed by atoms with E-state index in [2.05, 4.69) is 0 Å². The molecular weight excluding hydrogens is 244 g/mol. The van der Waals surface area contributed by atoms with E-state index in [0.29, 0.717) is 25.9 Å². The minimum absolute atomic E-state index is 0.103. The Kier molecular flexibility index (Phi) is 5.35. The molecule has 0 radical (unpaired) electrons.